The molecule has 0 aliphatic rings. The van der Waals surface area contributed by atoms with Crippen LogP contribution in [0.3, 0.4) is 0 Å². The Morgan fingerprint density at radius 1 is 1.09 bits per heavy atom. The molecular formula is C18H19Cl2NO2. The lowest BCUT2D eigenvalue weighted by Gasteiger charge is -2.07. The molecule has 0 radical (unpaired) electrons. The number of methoxy groups -OCH3 is 1. The molecule has 0 spiro atoms. The van der Waals surface area contributed by atoms with Gasteiger partial charge in [-0.15, -0.1) is 0 Å². The van der Waals surface area contributed by atoms with Gasteiger partial charge in [0.2, 0.25) is 5.91 Å². The first-order valence-corrected chi connectivity index (χ1v) is 8.17. The zero-order valence-corrected chi connectivity index (χ0v) is 14.5. The van der Waals surface area contributed by atoms with Crippen LogP contribution >= 0.6 is 23.2 Å². The average Bonchev–Trinajstić information content (AvgIpc) is 2.55. The van der Waals surface area contributed by atoms with Gasteiger partial charge in [-0.25, -0.2) is 0 Å². The number of carbonyl (C=O) groups is 1. The van der Waals surface area contributed by atoms with Gasteiger partial charge in [-0.3, -0.25) is 4.79 Å². The monoisotopic (exact) mass is 351 g/mol. The van der Waals surface area contributed by atoms with Crippen molar-refractivity contribution in [1.82, 2.24) is 5.32 Å². The summed E-state index contributed by atoms with van der Waals surface area (Å²) in [4.78, 5) is 11.9. The minimum atomic E-state index is 0.00684. The van der Waals surface area contributed by atoms with Crippen LogP contribution in [0.5, 0.6) is 5.75 Å². The predicted molar refractivity (Wildman–Crippen MR) is 94.5 cm³/mol. The second kappa shape index (κ2) is 8.80. The van der Waals surface area contributed by atoms with Gasteiger partial charge in [-0.05, 0) is 48.2 Å². The quantitative estimate of drug-likeness (QED) is 0.755. The summed E-state index contributed by atoms with van der Waals surface area (Å²) < 4.78 is 5.15. The zero-order chi connectivity index (χ0) is 16.7. The van der Waals surface area contributed by atoms with E-state index < -0.39 is 0 Å². The number of nitrogens with one attached hydrogen (secondary N) is 1. The molecule has 0 aromatic heterocycles. The van der Waals surface area contributed by atoms with E-state index in [0.717, 1.165) is 29.7 Å². The number of benzene rings is 2. The van der Waals surface area contributed by atoms with Crippen LogP contribution < -0.4 is 10.1 Å². The topological polar surface area (TPSA) is 38.3 Å². The van der Waals surface area contributed by atoms with Gasteiger partial charge >= 0.3 is 0 Å². The molecule has 0 aliphatic heterocycles. The predicted octanol–water partition coefficient (Wildman–Crippen LogP) is 4.29. The third kappa shape index (κ3) is 5.77. The highest BCUT2D eigenvalue weighted by atomic mass is 35.5. The van der Waals surface area contributed by atoms with E-state index in [4.69, 9.17) is 27.9 Å². The summed E-state index contributed by atoms with van der Waals surface area (Å²) in [6.45, 7) is 0.628. The Hall–Kier alpha value is -1.71. The molecule has 2 aromatic carbocycles. The van der Waals surface area contributed by atoms with Gasteiger partial charge in [0.25, 0.3) is 0 Å². The van der Waals surface area contributed by atoms with Gasteiger partial charge in [-0.2, -0.15) is 0 Å². The molecule has 1 amide bonds. The van der Waals surface area contributed by atoms with Gasteiger partial charge in [0, 0.05) is 6.54 Å². The smallest absolute Gasteiger partial charge is 0.224 e. The summed E-state index contributed by atoms with van der Waals surface area (Å²) in [5.74, 6) is 0.766. The van der Waals surface area contributed by atoms with Crippen molar-refractivity contribution in [3.63, 3.8) is 0 Å². The fourth-order valence-corrected chi connectivity index (χ4v) is 2.57. The number of hydrogen-bond donors (Lipinski definition) is 1. The van der Waals surface area contributed by atoms with E-state index in [0.29, 0.717) is 23.0 Å². The van der Waals surface area contributed by atoms with E-state index in [1.807, 2.05) is 36.4 Å². The van der Waals surface area contributed by atoms with Crippen LogP contribution in [0.25, 0.3) is 0 Å². The lowest BCUT2D eigenvalue weighted by Crippen LogP contribution is -2.26. The van der Waals surface area contributed by atoms with E-state index >= 15 is 0 Å². The van der Waals surface area contributed by atoms with E-state index in [-0.39, 0.29) is 5.91 Å². The van der Waals surface area contributed by atoms with Crippen molar-refractivity contribution >= 4 is 29.1 Å². The lowest BCUT2D eigenvalue weighted by molar-refractivity contribution is -0.120. The third-order valence-electron chi connectivity index (χ3n) is 3.45. The van der Waals surface area contributed by atoms with Crippen molar-refractivity contribution in [2.45, 2.75) is 19.3 Å². The molecule has 5 heteroatoms. The molecule has 0 aliphatic carbocycles. The van der Waals surface area contributed by atoms with Crippen molar-refractivity contribution in [3.8, 4) is 5.75 Å². The number of amides is 1. The maximum atomic E-state index is 11.9. The van der Waals surface area contributed by atoms with Crippen molar-refractivity contribution in [2.24, 2.45) is 0 Å². The Kier molecular flexibility index (Phi) is 6.75. The Morgan fingerprint density at radius 3 is 2.65 bits per heavy atom. The Labute approximate surface area is 146 Å². The molecule has 0 heterocycles. The number of halogens is 2. The average molecular weight is 352 g/mol. The highest BCUT2D eigenvalue weighted by molar-refractivity contribution is 6.42. The number of hydrogen-bond acceptors (Lipinski definition) is 2. The molecule has 0 fully saturated rings. The SMILES string of the molecule is COc1cccc(CC(=O)NCCCc2ccc(Cl)c(Cl)c2)c1. The minimum absolute atomic E-state index is 0.00684. The highest BCUT2D eigenvalue weighted by Crippen LogP contribution is 2.23. The fourth-order valence-electron chi connectivity index (χ4n) is 2.25. The van der Waals surface area contributed by atoms with Crippen LogP contribution in [0.1, 0.15) is 17.5 Å². The van der Waals surface area contributed by atoms with Crippen LogP contribution in [0.2, 0.25) is 10.0 Å². The Bertz CT molecular complexity index is 674. The molecule has 0 saturated carbocycles. The molecule has 122 valence electrons. The maximum Gasteiger partial charge on any atom is 0.224 e. The van der Waals surface area contributed by atoms with Crippen LogP contribution in [0.15, 0.2) is 42.5 Å². The molecule has 2 aromatic rings. The van der Waals surface area contributed by atoms with Gasteiger partial charge in [0.15, 0.2) is 0 Å². The number of carbonyl (C=O) groups excluding carboxylic acids is 1. The molecule has 2 rings (SSSR count). The summed E-state index contributed by atoms with van der Waals surface area (Å²) >= 11 is 11.9. The largest absolute Gasteiger partial charge is 0.497 e. The van der Waals surface area contributed by atoms with Crippen molar-refractivity contribution < 1.29 is 9.53 Å². The van der Waals surface area contributed by atoms with Crippen LogP contribution in [-0.2, 0) is 17.6 Å². The minimum Gasteiger partial charge on any atom is -0.497 e. The number of ether oxygens (including phenoxy) is 1. The summed E-state index contributed by atoms with van der Waals surface area (Å²) in [7, 11) is 1.61. The van der Waals surface area contributed by atoms with E-state index in [9.17, 15) is 4.79 Å². The van der Waals surface area contributed by atoms with Crippen LogP contribution in [-0.4, -0.2) is 19.6 Å². The molecule has 1 N–H and O–H groups in total. The first-order valence-electron chi connectivity index (χ1n) is 7.42. The fraction of sp³-hybridized carbons (Fsp3) is 0.278. The van der Waals surface area contributed by atoms with E-state index in [1.165, 1.54) is 0 Å². The normalized spacial score (nSPS) is 10.4. The van der Waals surface area contributed by atoms with Gasteiger partial charge < -0.3 is 10.1 Å². The van der Waals surface area contributed by atoms with Gasteiger partial charge in [0.05, 0.1) is 23.6 Å². The maximum absolute atomic E-state index is 11.9. The summed E-state index contributed by atoms with van der Waals surface area (Å²) in [5, 5.41) is 4.04. The summed E-state index contributed by atoms with van der Waals surface area (Å²) in [5.41, 5.74) is 2.05. The van der Waals surface area contributed by atoms with Crippen LogP contribution in [0.4, 0.5) is 0 Å². The van der Waals surface area contributed by atoms with Gasteiger partial charge in [0.1, 0.15) is 5.75 Å². The molecule has 0 atom stereocenters. The molecule has 0 bridgehead atoms. The number of aryl methyl sites for hydroxylation is 1. The standard InChI is InChI=1S/C18H19Cl2NO2/c1-23-15-6-2-4-14(10-15)12-18(22)21-9-3-5-13-7-8-16(19)17(20)11-13/h2,4,6-8,10-11H,3,5,9,12H2,1H3,(H,21,22). The third-order valence-corrected chi connectivity index (χ3v) is 4.19. The van der Waals surface area contributed by atoms with Gasteiger partial charge in [-0.1, -0.05) is 41.4 Å². The molecule has 0 saturated heterocycles. The van der Waals surface area contributed by atoms with Crippen molar-refractivity contribution in [2.75, 3.05) is 13.7 Å². The first-order chi connectivity index (χ1) is 11.1. The Balaban J connectivity index is 1.73. The van der Waals surface area contributed by atoms with Crippen molar-refractivity contribution in [1.29, 1.82) is 0 Å². The molecular weight excluding hydrogens is 333 g/mol. The second-order valence-electron chi connectivity index (χ2n) is 5.23. The lowest BCUT2D eigenvalue weighted by atomic mass is 10.1. The van der Waals surface area contributed by atoms with E-state index in [1.54, 1.807) is 13.2 Å². The Morgan fingerprint density at radius 2 is 1.91 bits per heavy atom. The van der Waals surface area contributed by atoms with E-state index in [2.05, 4.69) is 5.32 Å². The highest BCUT2D eigenvalue weighted by Gasteiger charge is 2.04. The van der Waals surface area contributed by atoms with Crippen LogP contribution in [0, 0.1) is 0 Å². The molecule has 3 nitrogen and oxygen atoms in total. The summed E-state index contributed by atoms with van der Waals surface area (Å²) in [6, 6.07) is 13.1. The summed E-state index contributed by atoms with van der Waals surface area (Å²) in [6.07, 6.45) is 2.04. The first kappa shape index (κ1) is 17.6. The molecule has 0 unspecified atom stereocenters. The second-order valence-corrected chi connectivity index (χ2v) is 6.04. The van der Waals surface area contributed by atoms with Crippen molar-refractivity contribution in [3.05, 3.63) is 63.6 Å². The zero-order valence-electron chi connectivity index (χ0n) is 12.9. The number of rotatable bonds is 7. The molecule has 23 heavy (non-hydrogen) atoms.